The van der Waals surface area contributed by atoms with Gasteiger partial charge in [-0.3, -0.25) is 9.69 Å². The molecule has 0 spiro atoms. The Bertz CT molecular complexity index is 494. The first-order valence-electron chi connectivity index (χ1n) is 7.40. The molecule has 21 heavy (non-hydrogen) atoms. The van der Waals surface area contributed by atoms with Crippen LogP contribution in [0.5, 0.6) is 5.75 Å². The Kier molecular flexibility index (Phi) is 5.48. The Morgan fingerprint density at radius 1 is 1.48 bits per heavy atom. The number of aliphatic carboxylic acids is 1. The van der Waals surface area contributed by atoms with Gasteiger partial charge >= 0.3 is 5.97 Å². The van der Waals surface area contributed by atoms with E-state index in [9.17, 15) is 9.90 Å². The summed E-state index contributed by atoms with van der Waals surface area (Å²) in [7, 11) is 0. The van der Waals surface area contributed by atoms with Gasteiger partial charge in [-0.1, -0.05) is 37.1 Å². The highest BCUT2D eigenvalue weighted by Crippen LogP contribution is 2.35. The summed E-state index contributed by atoms with van der Waals surface area (Å²) in [6.45, 7) is 4.71. The molecule has 0 aromatic heterocycles. The molecule has 0 amide bonds. The molecule has 1 aliphatic rings. The predicted octanol–water partition coefficient (Wildman–Crippen LogP) is 3.30. The van der Waals surface area contributed by atoms with Gasteiger partial charge in [0.2, 0.25) is 0 Å². The summed E-state index contributed by atoms with van der Waals surface area (Å²) < 4.78 is 5.67. The van der Waals surface area contributed by atoms with E-state index in [-0.39, 0.29) is 0 Å². The van der Waals surface area contributed by atoms with Crippen LogP contribution < -0.4 is 4.74 Å². The van der Waals surface area contributed by atoms with Crippen molar-refractivity contribution in [2.45, 2.75) is 26.2 Å². The molecule has 1 aromatic carbocycles. The van der Waals surface area contributed by atoms with Gasteiger partial charge in [-0.15, -0.1) is 0 Å². The van der Waals surface area contributed by atoms with Crippen molar-refractivity contribution >= 4 is 17.6 Å². The lowest BCUT2D eigenvalue weighted by Crippen LogP contribution is -2.35. The number of hydrogen-bond acceptors (Lipinski definition) is 3. The molecule has 116 valence electrons. The highest BCUT2D eigenvalue weighted by molar-refractivity contribution is 6.32. The van der Waals surface area contributed by atoms with Crippen LogP contribution in [0, 0.1) is 5.41 Å². The maximum Gasteiger partial charge on any atom is 0.310 e. The molecule has 1 atom stereocenters. The number of nitrogens with zero attached hydrogens (tertiary/aromatic N) is 1. The van der Waals surface area contributed by atoms with E-state index in [1.165, 1.54) is 0 Å². The molecule has 1 unspecified atom stereocenters. The topological polar surface area (TPSA) is 49.8 Å². The van der Waals surface area contributed by atoms with E-state index in [4.69, 9.17) is 16.3 Å². The average molecular weight is 312 g/mol. The smallest absolute Gasteiger partial charge is 0.310 e. The highest BCUT2D eigenvalue weighted by atomic mass is 35.5. The third-order valence-corrected chi connectivity index (χ3v) is 4.43. The molecule has 1 fully saturated rings. The second-order valence-corrected chi connectivity index (χ2v) is 6.05. The lowest BCUT2D eigenvalue weighted by atomic mass is 9.83. The van der Waals surface area contributed by atoms with Crippen LogP contribution in [0.15, 0.2) is 24.3 Å². The molecule has 5 heteroatoms. The molecule has 4 nitrogen and oxygen atoms in total. The molecule has 0 radical (unpaired) electrons. The van der Waals surface area contributed by atoms with Crippen molar-refractivity contribution in [3.8, 4) is 5.75 Å². The fraction of sp³-hybridized carbons (Fsp3) is 0.562. The summed E-state index contributed by atoms with van der Waals surface area (Å²) in [5.74, 6) is 0.00953. The zero-order chi connectivity index (χ0) is 15.3. The monoisotopic (exact) mass is 311 g/mol. The second-order valence-electron chi connectivity index (χ2n) is 5.64. The minimum atomic E-state index is -0.668. The first-order valence-corrected chi connectivity index (χ1v) is 7.78. The first-order chi connectivity index (χ1) is 10.1. The summed E-state index contributed by atoms with van der Waals surface area (Å²) in [5, 5.41) is 10.1. The Balaban J connectivity index is 1.83. The number of benzene rings is 1. The number of carboxylic acids is 1. The Hall–Kier alpha value is -1.26. The Morgan fingerprint density at radius 2 is 2.24 bits per heavy atom. The van der Waals surface area contributed by atoms with Crippen molar-refractivity contribution in [2.24, 2.45) is 5.41 Å². The first kappa shape index (κ1) is 16.1. The molecule has 1 aliphatic heterocycles. The number of halogens is 1. The molecule has 0 saturated carbocycles. The molecule has 0 bridgehead atoms. The van der Waals surface area contributed by atoms with Crippen molar-refractivity contribution in [1.29, 1.82) is 0 Å². The van der Waals surface area contributed by atoms with Crippen LogP contribution in [0.1, 0.15) is 26.2 Å². The number of ether oxygens (including phenoxy) is 1. The Morgan fingerprint density at radius 3 is 2.90 bits per heavy atom. The van der Waals surface area contributed by atoms with Crippen LogP contribution in [0.2, 0.25) is 5.02 Å². The van der Waals surface area contributed by atoms with Gasteiger partial charge in [0, 0.05) is 13.1 Å². The van der Waals surface area contributed by atoms with E-state index in [1.54, 1.807) is 6.07 Å². The molecule has 1 aromatic rings. The Labute approximate surface area is 130 Å². The van der Waals surface area contributed by atoms with Gasteiger partial charge in [-0.25, -0.2) is 0 Å². The maximum absolute atomic E-state index is 11.5. The molecule has 0 aliphatic carbocycles. The van der Waals surface area contributed by atoms with E-state index in [0.29, 0.717) is 23.9 Å². The number of carboxylic acid groups (broad SMARTS) is 1. The molecular weight excluding hydrogens is 290 g/mol. The molecule has 1 N–H and O–H groups in total. The number of hydrogen-bond donors (Lipinski definition) is 1. The van der Waals surface area contributed by atoms with E-state index in [1.807, 2.05) is 25.1 Å². The summed E-state index contributed by atoms with van der Waals surface area (Å²) in [6.07, 6.45) is 2.36. The molecular formula is C16H22ClNO3. The van der Waals surface area contributed by atoms with Crippen molar-refractivity contribution in [1.82, 2.24) is 4.90 Å². The minimum Gasteiger partial charge on any atom is -0.491 e. The van der Waals surface area contributed by atoms with Gasteiger partial charge < -0.3 is 9.84 Å². The van der Waals surface area contributed by atoms with Crippen LogP contribution in [0.3, 0.4) is 0 Å². The average Bonchev–Trinajstić information content (AvgIpc) is 2.86. The molecule has 1 saturated heterocycles. The fourth-order valence-electron chi connectivity index (χ4n) is 2.96. The highest BCUT2D eigenvalue weighted by Gasteiger charge is 2.43. The van der Waals surface area contributed by atoms with E-state index in [2.05, 4.69) is 4.90 Å². The maximum atomic E-state index is 11.5. The standard InChI is InChI=1S/C16H22ClNO3/c1-2-7-16(15(19)20)8-9-18(12-16)10-11-21-14-6-4-3-5-13(14)17/h3-6H,2,7-12H2,1H3,(H,19,20). The summed E-state index contributed by atoms with van der Waals surface area (Å²) in [4.78, 5) is 13.7. The second kappa shape index (κ2) is 7.14. The van der Waals surface area contributed by atoms with E-state index >= 15 is 0 Å². The van der Waals surface area contributed by atoms with Gasteiger partial charge in [0.1, 0.15) is 12.4 Å². The lowest BCUT2D eigenvalue weighted by molar-refractivity contribution is -0.148. The van der Waals surface area contributed by atoms with Crippen LogP contribution in [-0.2, 0) is 4.79 Å². The van der Waals surface area contributed by atoms with Gasteiger partial charge in [0.05, 0.1) is 10.4 Å². The quantitative estimate of drug-likeness (QED) is 0.839. The van der Waals surface area contributed by atoms with Gasteiger partial charge in [-0.05, 0) is 31.5 Å². The van der Waals surface area contributed by atoms with Crippen LogP contribution in [0.4, 0.5) is 0 Å². The van der Waals surface area contributed by atoms with Crippen molar-refractivity contribution < 1.29 is 14.6 Å². The normalized spacial score (nSPS) is 22.4. The van der Waals surface area contributed by atoms with Crippen molar-refractivity contribution in [3.63, 3.8) is 0 Å². The van der Waals surface area contributed by atoms with Crippen molar-refractivity contribution in [2.75, 3.05) is 26.2 Å². The number of rotatable bonds is 7. The number of carbonyl (C=O) groups is 1. The van der Waals surface area contributed by atoms with Crippen LogP contribution >= 0.6 is 11.6 Å². The lowest BCUT2D eigenvalue weighted by Gasteiger charge is -2.24. The fourth-order valence-corrected chi connectivity index (χ4v) is 3.15. The zero-order valence-electron chi connectivity index (χ0n) is 12.3. The number of para-hydroxylation sites is 1. The van der Waals surface area contributed by atoms with Crippen LogP contribution in [-0.4, -0.2) is 42.2 Å². The van der Waals surface area contributed by atoms with Gasteiger partial charge in [0.25, 0.3) is 0 Å². The van der Waals surface area contributed by atoms with Crippen molar-refractivity contribution in [3.05, 3.63) is 29.3 Å². The molecule has 2 rings (SSSR count). The molecule has 1 heterocycles. The summed E-state index contributed by atoms with van der Waals surface area (Å²) in [6, 6.07) is 7.38. The predicted molar refractivity (Wildman–Crippen MR) is 83.0 cm³/mol. The van der Waals surface area contributed by atoms with Gasteiger partial charge in [-0.2, -0.15) is 0 Å². The summed E-state index contributed by atoms with van der Waals surface area (Å²) in [5.41, 5.74) is -0.570. The number of likely N-dealkylation sites (tertiary alicyclic amines) is 1. The minimum absolute atomic E-state index is 0.519. The van der Waals surface area contributed by atoms with Crippen LogP contribution in [0.25, 0.3) is 0 Å². The zero-order valence-corrected chi connectivity index (χ0v) is 13.1. The van der Waals surface area contributed by atoms with E-state index < -0.39 is 11.4 Å². The summed E-state index contributed by atoms with van der Waals surface area (Å²) >= 11 is 6.03. The largest absolute Gasteiger partial charge is 0.491 e. The third kappa shape index (κ3) is 3.89. The SMILES string of the molecule is CCCC1(C(=O)O)CCN(CCOc2ccccc2Cl)C1. The van der Waals surface area contributed by atoms with E-state index in [0.717, 1.165) is 32.4 Å². The van der Waals surface area contributed by atoms with Gasteiger partial charge in [0.15, 0.2) is 0 Å². The third-order valence-electron chi connectivity index (χ3n) is 4.12.